The van der Waals surface area contributed by atoms with Crippen LogP contribution in [0.3, 0.4) is 0 Å². The van der Waals surface area contributed by atoms with Crippen molar-refractivity contribution >= 4 is 5.78 Å². The zero-order chi connectivity index (χ0) is 15.4. The van der Waals surface area contributed by atoms with E-state index in [1.807, 2.05) is 6.92 Å². The summed E-state index contributed by atoms with van der Waals surface area (Å²) in [4.78, 5) is 11.3. The van der Waals surface area contributed by atoms with Gasteiger partial charge in [0, 0.05) is 5.56 Å². The van der Waals surface area contributed by atoms with Crippen LogP contribution in [-0.4, -0.2) is 5.78 Å². The SMILES string of the molecule is CC(=O)c1ccc(OCc2ccc(F)c(C#N)c2)c(C)c1. The summed E-state index contributed by atoms with van der Waals surface area (Å²) in [6.07, 6.45) is 0. The molecule has 0 saturated heterocycles. The molecule has 2 aromatic carbocycles. The molecule has 3 nitrogen and oxygen atoms in total. The van der Waals surface area contributed by atoms with Gasteiger partial charge in [0.2, 0.25) is 0 Å². The molecule has 0 aliphatic heterocycles. The number of carbonyl (C=O) groups excluding carboxylic acids is 1. The monoisotopic (exact) mass is 283 g/mol. The van der Waals surface area contributed by atoms with E-state index in [0.29, 0.717) is 16.9 Å². The Balaban J connectivity index is 2.13. The summed E-state index contributed by atoms with van der Waals surface area (Å²) >= 11 is 0. The Morgan fingerprint density at radius 2 is 2.05 bits per heavy atom. The average molecular weight is 283 g/mol. The van der Waals surface area contributed by atoms with Gasteiger partial charge in [-0.15, -0.1) is 0 Å². The van der Waals surface area contributed by atoms with Crippen molar-refractivity contribution in [2.24, 2.45) is 0 Å². The second-order valence-electron chi connectivity index (χ2n) is 4.75. The number of nitriles is 1. The minimum absolute atomic E-state index is 0.000232. The molecule has 0 radical (unpaired) electrons. The Labute approximate surface area is 122 Å². The van der Waals surface area contributed by atoms with Crippen molar-refractivity contribution in [2.45, 2.75) is 20.5 Å². The van der Waals surface area contributed by atoms with Gasteiger partial charge in [-0.2, -0.15) is 5.26 Å². The molecule has 2 rings (SSSR count). The fourth-order valence-corrected chi connectivity index (χ4v) is 1.94. The second-order valence-corrected chi connectivity index (χ2v) is 4.75. The summed E-state index contributed by atoms with van der Waals surface area (Å²) < 4.78 is 18.9. The van der Waals surface area contributed by atoms with Gasteiger partial charge in [0.05, 0.1) is 5.56 Å². The van der Waals surface area contributed by atoms with Crippen molar-refractivity contribution in [1.29, 1.82) is 5.26 Å². The number of aryl methyl sites for hydroxylation is 1. The Morgan fingerprint density at radius 1 is 1.29 bits per heavy atom. The first-order valence-corrected chi connectivity index (χ1v) is 6.44. The van der Waals surface area contributed by atoms with Gasteiger partial charge in [-0.1, -0.05) is 6.07 Å². The van der Waals surface area contributed by atoms with E-state index in [4.69, 9.17) is 10.00 Å². The molecule has 0 aromatic heterocycles. The van der Waals surface area contributed by atoms with Crippen LogP contribution in [-0.2, 0) is 6.61 Å². The zero-order valence-electron chi connectivity index (χ0n) is 11.8. The predicted molar refractivity (Wildman–Crippen MR) is 76.6 cm³/mol. The first-order chi connectivity index (χ1) is 10.0. The van der Waals surface area contributed by atoms with Crippen molar-refractivity contribution in [2.75, 3.05) is 0 Å². The number of carbonyl (C=O) groups is 1. The first kappa shape index (κ1) is 14.7. The van der Waals surface area contributed by atoms with E-state index in [0.717, 1.165) is 5.56 Å². The maximum absolute atomic E-state index is 13.2. The van der Waals surface area contributed by atoms with Crippen LogP contribution in [0, 0.1) is 24.1 Å². The Morgan fingerprint density at radius 3 is 2.67 bits per heavy atom. The molecular weight excluding hydrogens is 269 g/mol. The highest BCUT2D eigenvalue weighted by Gasteiger charge is 2.06. The van der Waals surface area contributed by atoms with Crippen LogP contribution in [0.15, 0.2) is 36.4 Å². The van der Waals surface area contributed by atoms with E-state index in [-0.39, 0.29) is 18.0 Å². The van der Waals surface area contributed by atoms with E-state index in [2.05, 4.69) is 0 Å². The molecule has 0 bridgehead atoms. The molecule has 0 aliphatic rings. The number of nitrogens with zero attached hydrogens (tertiary/aromatic N) is 1. The van der Waals surface area contributed by atoms with Crippen LogP contribution in [0.4, 0.5) is 4.39 Å². The van der Waals surface area contributed by atoms with Crippen molar-refractivity contribution in [3.63, 3.8) is 0 Å². The lowest BCUT2D eigenvalue weighted by Gasteiger charge is -2.10. The minimum Gasteiger partial charge on any atom is -0.489 e. The molecule has 21 heavy (non-hydrogen) atoms. The molecule has 0 heterocycles. The largest absolute Gasteiger partial charge is 0.489 e. The van der Waals surface area contributed by atoms with Crippen LogP contribution in [0.25, 0.3) is 0 Å². The Kier molecular flexibility index (Phi) is 4.34. The third-order valence-electron chi connectivity index (χ3n) is 3.13. The molecule has 0 aliphatic carbocycles. The van der Waals surface area contributed by atoms with Gasteiger partial charge in [0.1, 0.15) is 24.2 Å². The first-order valence-electron chi connectivity index (χ1n) is 6.44. The Hall–Kier alpha value is -2.67. The van der Waals surface area contributed by atoms with Crippen LogP contribution in [0.2, 0.25) is 0 Å². The van der Waals surface area contributed by atoms with Gasteiger partial charge in [-0.05, 0) is 55.3 Å². The topological polar surface area (TPSA) is 50.1 Å². The number of hydrogen-bond donors (Lipinski definition) is 0. The highest BCUT2D eigenvalue weighted by atomic mass is 19.1. The number of rotatable bonds is 4. The average Bonchev–Trinajstić information content (AvgIpc) is 2.47. The van der Waals surface area contributed by atoms with Crippen molar-refractivity contribution in [3.05, 3.63) is 64.5 Å². The predicted octanol–water partition coefficient (Wildman–Crippen LogP) is 3.79. The third kappa shape index (κ3) is 3.46. The maximum Gasteiger partial charge on any atom is 0.159 e. The molecule has 0 fully saturated rings. The summed E-state index contributed by atoms with van der Waals surface area (Å²) in [7, 11) is 0. The molecule has 0 unspecified atom stereocenters. The molecule has 0 N–H and O–H groups in total. The molecule has 0 spiro atoms. The molecule has 0 saturated carbocycles. The van der Waals surface area contributed by atoms with Crippen molar-refractivity contribution in [3.8, 4) is 11.8 Å². The maximum atomic E-state index is 13.2. The normalized spacial score (nSPS) is 10.0. The Bertz CT molecular complexity index is 732. The van der Waals surface area contributed by atoms with E-state index in [9.17, 15) is 9.18 Å². The van der Waals surface area contributed by atoms with E-state index < -0.39 is 5.82 Å². The van der Waals surface area contributed by atoms with Gasteiger partial charge >= 0.3 is 0 Å². The van der Waals surface area contributed by atoms with Gasteiger partial charge in [-0.3, -0.25) is 4.79 Å². The van der Waals surface area contributed by atoms with E-state index in [1.165, 1.54) is 19.1 Å². The van der Waals surface area contributed by atoms with Crippen LogP contribution < -0.4 is 4.74 Å². The second kappa shape index (κ2) is 6.19. The number of halogens is 1. The molecule has 2 aromatic rings. The van der Waals surface area contributed by atoms with Crippen LogP contribution >= 0.6 is 0 Å². The highest BCUT2D eigenvalue weighted by Crippen LogP contribution is 2.21. The summed E-state index contributed by atoms with van der Waals surface area (Å²) in [6, 6.07) is 11.3. The fourth-order valence-electron chi connectivity index (χ4n) is 1.94. The quantitative estimate of drug-likeness (QED) is 0.802. The summed E-state index contributed by atoms with van der Waals surface area (Å²) in [5, 5.41) is 8.79. The van der Waals surface area contributed by atoms with Crippen LogP contribution in [0.1, 0.15) is 34.0 Å². The van der Waals surface area contributed by atoms with Crippen LogP contribution in [0.5, 0.6) is 5.75 Å². The summed E-state index contributed by atoms with van der Waals surface area (Å²) in [5.41, 5.74) is 2.20. The standard InChI is InChI=1S/C17H14FNO2/c1-11-7-14(12(2)20)4-6-17(11)21-10-13-3-5-16(18)15(8-13)9-19/h3-8H,10H2,1-2H3. The molecule has 106 valence electrons. The van der Waals surface area contributed by atoms with Crippen molar-refractivity contribution < 1.29 is 13.9 Å². The smallest absolute Gasteiger partial charge is 0.159 e. The number of ether oxygens (including phenoxy) is 1. The number of Topliss-reactive ketones (excluding diaryl/α,β-unsaturated/α-hetero) is 1. The fraction of sp³-hybridized carbons (Fsp3) is 0.176. The summed E-state index contributed by atoms with van der Waals surface area (Å²) in [6.45, 7) is 3.60. The lowest BCUT2D eigenvalue weighted by molar-refractivity contribution is 0.101. The molecule has 4 heteroatoms. The lowest BCUT2D eigenvalue weighted by atomic mass is 10.1. The van der Waals surface area contributed by atoms with Gasteiger partial charge in [-0.25, -0.2) is 4.39 Å². The van der Waals surface area contributed by atoms with Gasteiger partial charge in [0.25, 0.3) is 0 Å². The lowest BCUT2D eigenvalue weighted by Crippen LogP contribution is -2.00. The number of hydrogen-bond acceptors (Lipinski definition) is 3. The number of ketones is 1. The van der Waals surface area contributed by atoms with E-state index >= 15 is 0 Å². The molecular formula is C17H14FNO2. The molecule has 0 atom stereocenters. The highest BCUT2D eigenvalue weighted by molar-refractivity contribution is 5.94. The van der Waals surface area contributed by atoms with Crippen molar-refractivity contribution in [1.82, 2.24) is 0 Å². The van der Waals surface area contributed by atoms with Gasteiger partial charge in [0.15, 0.2) is 5.78 Å². The minimum atomic E-state index is -0.539. The van der Waals surface area contributed by atoms with E-state index in [1.54, 1.807) is 30.3 Å². The molecule has 0 amide bonds. The summed E-state index contributed by atoms with van der Waals surface area (Å²) in [5.74, 6) is 0.118. The number of benzene rings is 2. The zero-order valence-corrected chi connectivity index (χ0v) is 11.8. The third-order valence-corrected chi connectivity index (χ3v) is 3.13. The van der Waals surface area contributed by atoms with Gasteiger partial charge < -0.3 is 4.74 Å².